The van der Waals surface area contributed by atoms with Crippen molar-refractivity contribution in [3.05, 3.63) is 0 Å². The van der Waals surface area contributed by atoms with Gasteiger partial charge in [0.15, 0.2) is 0 Å². The monoisotopic (exact) mass is 113 g/mol. The van der Waals surface area contributed by atoms with E-state index in [1.807, 2.05) is 0 Å². The van der Waals surface area contributed by atoms with Crippen molar-refractivity contribution in [2.45, 2.75) is 25.8 Å². The minimum atomic E-state index is 0.528. The first kappa shape index (κ1) is 5.54. The van der Waals surface area contributed by atoms with Crippen molar-refractivity contribution in [1.82, 2.24) is 5.43 Å². The molecular weight excluding hydrogens is 102 g/mol. The van der Waals surface area contributed by atoms with Gasteiger partial charge in [-0.15, -0.1) is 0 Å². The molecule has 1 atom stereocenters. The Hall–Kier alpha value is -0.600. The third kappa shape index (κ3) is 1.18. The van der Waals surface area contributed by atoms with E-state index >= 15 is 0 Å². The fourth-order valence-corrected chi connectivity index (χ4v) is 0.807. The van der Waals surface area contributed by atoms with E-state index in [2.05, 4.69) is 22.7 Å². The predicted octanol–water partition coefficient (Wildman–Crippen LogP) is 1.13. The maximum Gasteiger partial charge on any atom is 0.0838 e. The van der Waals surface area contributed by atoms with Gasteiger partial charge in [0.05, 0.1) is 12.6 Å². The molecule has 1 aliphatic rings. The largest absolute Gasteiger partial charge is 0.287 e. The summed E-state index contributed by atoms with van der Waals surface area (Å²) in [6.45, 7) is 3.04. The van der Waals surface area contributed by atoms with Crippen LogP contribution in [0.2, 0.25) is 0 Å². The van der Waals surface area contributed by atoms with Crippen LogP contribution in [0, 0.1) is 0 Å². The van der Waals surface area contributed by atoms with E-state index < -0.39 is 0 Å². The Morgan fingerprint density at radius 1 is 1.75 bits per heavy atom. The summed E-state index contributed by atoms with van der Waals surface area (Å²) in [5, 5.41) is 7.46. The van der Waals surface area contributed by atoms with Crippen molar-refractivity contribution in [2.75, 3.05) is 6.54 Å². The van der Waals surface area contributed by atoms with Crippen molar-refractivity contribution < 1.29 is 0 Å². The number of nitrogens with zero attached hydrogens (tertiary/aromatic N) is 2. The number of rotatable bonds is 2. The van der Waals surface area contributed by atoms with E-state index in [-0.39, 0.29) is 0 Å². The molecule has 46 valence electrons. The summed E-state index contributed by atoms with van der Waals surface area (Å²) >= 11 is 0. The van der Waals surface area contributed by atoms with Crippen molar-refractivity contribution in [2.24, 2.45) is 10.3 Å². The SMILES string of the molecule is CCCC1CN=NN1. The van der Waals surface area contributed by atoms with Gasteiger partial charge < -0.3 is 0 Å². The molecule has 0 spiro atoms. The summed E-state index contributed by atoms with van der Waals surface area (Å²) in [5.74, 6) is 0. The highest BCUT2D eigenvalue weighted by Gasteiger charge is 2.08. The fourth-order valence-electron chi connectivity index (χ4n) is 0.807. The third-order valence-corrected chi connectivity index (χ3v) is 1.25. The molecule has 1 N–H and O–H groups in total. The standard InChI is InChI=1S/C5H11N3/c1-2-3-5-4-6-8-7-5/h5H,2-4H2,1H3,(H,6,7). The molecule has 3 heteroatoms. The molecule has 3 nitrogen and oxygen atoms in total. The van der Waals surface area contributed by atoms with Crippen LogP contribution < -0.4 is 5.43 Å². The number of hydrogen-bond donors (Lipinski definition) is 1. The summed E-state index contributed by atoms with van der Waals surface area (Å²) in [6.07, 6.45) is 2.40. The van der Waals surface area contributed by atoms with Gasteiger partial charge in [0.2, 0.25) is 0 Å². The smallest absolute Gasteiger partial charge is 0.0838 e. The molecule has 1 rings (SSSR count). The minimum Gasteiger partial charge on any atom is -0.287 e. The van der Waals surface area contributed by atoms with Gasteiger partial charge in [-0.25, -0.2) is 0 Å². The summed E-state index contributed by atoms with van der Waals surface area (Å²) in [5.41, 5.74) is 2.92. The maximum atomic E-state index is 3.80. The van der Waals surface area contributed by atoms with Crippen molar-refractivity contribution in [1.29, 1.82) is 0 Å². The lowest BCUT2D eigenvalue weighted by Crippen LogP contribution is -2.21. The fraction of sp³-hybridized carbons (Fsp3) is 1.00. The molecule has 0 bridgehead atoms. The Morgan fingerprint density at radius 3 is 3.12 bits per heavy atom. The van der Waals surface area contributed by atoms with E-state index in [4.69, 9.17) is 0 Å². The highest BCUT2D eigenvalue weighted by molar-refractivity contribution is 4.68. The van der Waals surface area contributed by atoms with Crippen LogP contribution in [0.4, 0.5) is 0 Å². The molecule has 8 heavy (non-hydrogen) atoms. The third-order valence-electron chi connectivity index (χ3n) is 1.25. The van der Waals surface area contributed by atoms with Crippen LogP contribution in [0.15, 0.2) is 10.3 Å². The zero-order valence-corrected chi connectivity index (χ0v) is 5.09. The summed E-state index contributed by atoms with van der Waals surface area (Å²) < 4.78 is 0. The maximum absolute atomic E-state index is 3.80. The number of nitrogens with one attached hydrogen (secondary N) is 1. The summed E-state index contributed by atoms with van der Waals surface area (Å²) in [4.78, 5) is 0. The highest BCUT2D eigenvalue weighted by atomic mass is 15.5. The zero-order valence-electron chi connectivity index (χ0n) is 5.09. The molecule has 1 heterocycles. The molecule has 0 saturated carbocycles. The quantitative estimate of drug-likeness (QED) is 0.572. The topological polar surface area (TPSA) is 36.8 Å². The molecule has 0 amide bonds. The van der Waals surface area contributed by atoms with E-state index in [0.29, 0.717) is 6.04 Å². The van der Waals surface area contributed by atoms with Crippen LogP contribution in [0.25, 0.3) is 0 Å². The second kappa shape index (κ2) is 2.64. The normalized spacial score (nSPS) is 25.9. The van der Waals surface area contributed by atoms with Gasteiger partial charge in [-0.3, -0.25) is 5.43 Å². The minimum absolute atomic E-state index is 0.528. The highest BCUT2D eigenvalue weighted by Crippen LogP contribution is 2.01. The lowest BCUT2D eigenvalue weighted by atomic mass is 10.2. The molecule has 0 aromatic rings. The van der Waals surface area contributed by atoms with Crippen LogP contribution in [-0.2, 0) is 0 Å². The first-order valence-electron chi connectivity index (χ1n) is 3.05. The average molecular weight is 113 g/mol. The van der Waals surface area contributed by atoms with E-state index in [9.17, 15) is 0 Å². The zero-order chi connectivity index (χ0) is 5.82. The molecule has 1 unspecified atom stereocenters. The molecule has 0 aromatic carbocycles. The Bertz CT molecular complexity index is 81.7. The van der Waals surface area contributed by atoms with Crippen LogP contribution >= 0.6 is 0 Å². The Morgan fingerprint density at radius 2 is 2.62 bits per heavy atom. The molecule has 0 aromatic heterocycles. The summed E-state index contributed by atoms with van der Waals surface area (Å²) in [7, 11) is 0. The van der Waals surface area contributed by atoms with Crippen LogP contribution in [0.5, 0.6) is 0 Å². The number of hydrogen-bond acceptors (Lipinski definition) is 3. The van der Waals surface area contributed by atoms with Crippen molar-refractivity contribution in [3.63, 3.8) is 0 Å². The van der Waals surface area contributed by atoms with Crippen molar-refractivity contribution >= 4 is 0 Å². The first-order chi connectivity index (χ1) is 3.93. The van der Waals surface area contributed by atoms with Gasteiger partial charge in [-0.05, 0) is 6.42 Å². The lowest BCUT2D eigenvalue weighted by Gasteiger charge is -2.02. The van der Waals surface area contributed by atoms with Crippen LogP contribution in [0.3, 0.4) is 0 Å². The Labute approximate surface area is 49.2 Å². The van der Waals surface area contributed by atoms with Gasteiger partial charge in [0.25, 0.3) is 0 Å². The molecular formula is C5H11N3. The predicted molar refractivity (Wildman–Crippen MR) is 31.6 cm³/mol. The van der Waals surface area contributed by atoms with Gasteiger partial charge in [-0.2, -0.15) is 5.11 Å². The van der Waals surface area contributed by atoms with E-state index in [0.717, 1.165) is 6.54 Å². The van der Waals surface area contributed by atoms with Gasteiger partial charge in [0, 0.05) is 0 Å². The van der Waals surface area contributed by atoms with Crippen LogP contribution in [0.1, 0.15) is 19.8 Å². The van der Waals surface area contributed by atoms with Gasteiger partial charge in [0.1, 0.15) is 0 Å². The van der Waals surface area contributed by atoms with Crippen LogP contribution in [-0.4, -0.2) is 12.6 Å². The van der Waals surface area contributed by atoms with E-state index in [1.165, 1.54) is 12.8 Å². The van der Waals surface area contributed by atoms with Gasteiger partial charge >= 0.3 is 0 Å². The summed E-state index contributed by atoms with van der Waals surface area (Å²) in [6, 6.07) is 0.528. The van der Waals surface area contributed by atoms with Crippen molar-refractivity contribution in [3.8, 4) is 0 Å². The molecule has 0 saturated heterocycles. The molecule has 0 aliphatic carbocycles. The Kier molecular flexibility index (Phi) is 1.83. The second-order valence-corrected chi connectivity index (χ2v) is 2.04. The first-order valence-corrected chi connectivity index (χ1v) is 3.05. The average Bonchev–Trinajstić information content (AvgIpc) is 2.19. The molecule has 0 radical (unpaired) electrons. The van der Waals surface area contributed by atoms with Gasteiger partial charge in [-0.1, -0.05) is 18.6 Å². The molecule has 1 aliphatic heterocycles. The molecule has 0 fully saturated rings. The van der Waals surface area contributed by atoms with E-state index in [1.54, 1.807) is 0 Å². The Balaban J connectivity index is 2.10. The second-order valence-electron chi connectivity index (χ2n) is 2.04. The lowest BCUT2D eigenvalue weighted by molar-refractivity contribution is 0.552.